The molecule has 1 atom stereocenters. The Morgan fingerprint density at radius 3 is 2.92 bits per heavy atom. The number of imidazole rings is 1. The molecule has 2 aromatic heterocycles. The Labute approximate surface area is 147 Å². The molecule has 0 aliphatic carbocycles. The highest BCUT2D eigenvalue weighted by Gasteiger charge is 2.30. The van der Waals surface area contributed by atoms with Gasteiger partial charge in [0.05, 0.1) is 18.2 Å². The van der Waals surface area contributed by atoms with Crippen molar-refractivity contribution < 1.29 is 4.79 Å². The van der Waals surface area contributed by atoms with E-state index in [1.165, 1.54) is 5.69 Å². The Hall–Kier alpha value is -1.66. The number of aromatic nitrogens is 2. The van der Waals surface area contributed by atoms with Crippen LogP contribution in [0, 0.1) is 0 Å². The number of hydrogen-bond donors (Lipinski definition) is 0. The first-order valence-electron chi connectivity index (χ1n) is 8.53. The fraction of sp³-hybridized carbons (Fsp3) is 0.556. The van der Waals surface area contributed by atoms with Crippen LogP contribution < -0.4 is 0 Å². The largest absolute Gasteiger partial charge is 0.331 e. The van der Waals surface area contributed by atoms with Crippen molar-refractivity contribution >= 4 is 17.2 Å². The average Bonchev–Trinajstić information content (AvgIpc) is 3.18. The summed E-state index contributed by atoms with van der Waals surface area (Å²) in [6, 6.07) is 4.56. The van der Waals surface area contributed by atoms with E-state index in [4.69, 9.17) is 0 Å². The number of carbonyl (C=O) groups excluding carboxylic acids is 1. The minimum Gasteiger partial charge on any atom is -0.331 e. The first kappa shape index (κ1) is 17.2. The van der Waals surface area contributed by atoms with Crippen molar-refractivity contribution in [3.63, 3.8) is 0 Å². The van der Waals surface area contributed by atoms with Gasteiger partial charge in [-0.15, -0.1) is 11.3 Å². The SMILES string of the molecule is CC(C)N(C)Cc1cnc2n1CCN(C(=O)Cc1cccs1)[C@H]2C. The highest BCUT2D eigenvalue weighted by atomic mass is 32.1. The summed E-state index contributed by atoms with van der Waals surface area (Å²) in [6.07, 6.45) is 2.46. The lowest BCUT2D eigenvalue weighted by Gasteiger charge is -2.35. The minimum absolute atomic E-state index is 0.0318. The van der Waals surface area contributed by atoms with E-state index >= 15 is 0 Å². The maximum Gasteiger partial charge on any atom is 0.228 e. The molecule has 0 spiro atoms. The molecule has 6 heteroatoms. The molecule has 24 heavy (non-hydrogen) atoms. The van der Waals surface area contributed by atoms with Crippen molar-refractivity contribution in [1.82, 2.24) is 19.4 Å². The fourth-order valence-corrected chi connectivity index (χ4v) is 3.82. The zero-order valence-corrected chi connectivity index (χ0v) is 15.7. The molecule has 0 aromatic carbocycles. The summed E-state index contributed by atoms with van der Waals surface area (Å²) < 4.78 is 2.29. The van der Waals surface area contributed by atoms with Crippen molar-refractivity contribution in [2.45, 2.75) is 52.4 Å². The van der Waals surface area contributed by atoms with E-state index in [1.54, 1.807) is 11.3 Å². The van der Waals surface area contributed by atoms with Gasteiger partial charge in [0.1, 0.15) is 5.82 Å². The lowest BCUT2D eigenvalue weighted by molar-refractivity contribution is -0.133. The molecule has 0 saturated carbocycles. The van der Waals surface area contributed by atoms with Gasteiger partial charge in [-0.2, -0.15) is 0 Å². The van der Waals surface area contributed by atoms with E-state index in [0.717, 1.165) is 30.3 Å². The number of thiophene rings is 1. The number of fused-ring (bicyclic) bond motifs is 1. The molecule has 0 radical (unpaired) electrons. The van der Waals surface area contributed by atoms with Gasteiger partial charge in [0.2, 0.25) is 5.91 Å². The van der Waals surface area contributed by atoms with E-state index in [-0.39, 0.29) is 11.9 Å². The predicted molar refractivity (Wildman–Crippen MR) is 97.0 cm³/mol. The van der Waals surface area contributed by atoms with Gasteiger partial charge in [-0.05, 0) is 39.3 Å². The molecular weight excluding hydrogens is 320 g/mol. The van der Waals surface area contributed by atoms with E-state index < -0.39 is 0 Å². The summed E-state index contributed by atoms with van der Waals surface area (Å²) in [7, 11) is 2.13. The van der Waals surface area contributed by atoms with Crippen LogP contribution in [0.3, 0.4) is 0 Å². The molecule has 0 N–H and O–H groups in total. The van der Waals surface area contributed by atoms with Gasteiger partial charge < -0.3 is 9.47 Å². The Morgan fingerprint density at radius 1 is 1.46 bits per heavy atom. The molecule has 3 rings (SSSR count). The van der Waals surface area contributed by atoms with Crippen LogP contribution in [-0.4, -0.2) is 44.9 Å². The lowest BCUT2D eigenvalue weighted by atomic mass is 10.1. The molecule has 0 saturated heterocycles. The number of amides is 1. The smallest absolute Gasteiger partial charge is 0.228 e. The molecule has 0 bridgehead atoms. The van der Waals surface area contributed by atoms with Crippen LogP contribution in [0.1, 0.15) is 43.2 Å². The van der Waals surface area contributed by atoms with Crippen LogP contribution >= 0.6 is 11.3 Å². The van der Waals surface area contributed by atoms with Gasteiger partial charge in [0.15, 0.2) is 0 Å². The highest BCUT2D eigenvalue weighted by molar-refractivity contribution is 7.10. The minimum atomic E-state index is 0.0318. The fourth-order valence-electron chi connectivity index (χ4n) is 3.13. The van der Waals surface area contributed by atoms with Crippen molar-refractivity contribution in [3.8, 4) is 0 Å². The van der Waals surface area contributed by atoms with Crippen LogP contribution in [0.4, 0.5) is 0 Å². The maximum atomic E-state index is 12.6. The summed E-state index contributed by atoms with van der Waals surface area (Å²) in [5.41, 5.74) is 1.23. The van der Waals surface area contributed by atoms with Crippen molar-refractivity contribution in [3.05, 3.63) is 40.1 Å². The molecule has 1 aliphatic rings. The highest BCUT2D eigenvalue weighted by Crippen LogP contribution is 2.27. The number of rotatable bonds is 5. The Morgan fingerprint density at radius 2 is 2.25 bits per heavy atom. The van der Waals surface area contributed by atoms with Crippen LogP contribution in [0.25, 0.3) is 0 Å². The zero-order valence-electron chi connectivity index (χ0n) is 14.9. The number of nitrogens with zero attached hydrogens (tertiary/aromatic N) is 4. The molecular formula is C18H26N4OS. The van der Waals surface area contributed by atoms with E-state index in [9.17, 15) is 4.79 Å². The third kappa shape index (κ3) is 3.39. The zero-order chi connectivity index (χ0) is 17.3. The maximum absolute atomic E-state index is 12.6. The number of carbonyl (C=O) groups is 1. The Bertz CT molecular complexity index is 692. The monoisotopic (exact) mass is 346 g/mol. The van der Waals surface area contributed by atoms with Crippen molar-refractivity contribution in [2.75, 3.05) is 13.6 Å². The summed E-state index contributed by atoms with van der Waals surface area (Å²) in [6.45, 7) is 8.95. The van der Waals surface area contributed by atoms with Gasteiger partial charge in [-0.1, -0.05) is 6.07 Å². The van der Waals surface area contributed by atoms with Crippen LogP contribution in [-0.2, 0) is 24.3 Å². The molecule has 5 nitrogen and oxygen atoms in total. The summed E-state index contributed by atoms with van der Waals surface area (Å²) in [5.74, 6) is 1.20. The van der Waals surface area contributed by atoms with Gasteiger partial charge in [0, 0.05) is 36.8 Å². The standard InChI is InChI=1S/C18H26N4OS/c1-13(2)20(4)12-15-11-19-18-14(3)21(7-8-22(15)18)17(23)10-16-6-5-9-24-16/h5-6,9,11,13-14H,7-8,10,12H2,1-4H3/t14-/m0/s1. The third-order valence-corrected chi connectivity index (χ3v) is 5.77. The van der Waals surface area contributed by atoms with Crippen molar-refractivity contribution in [2.24, 2.45) is 0 Å². The van der Waals surface area contributed by atoms with Gasteiger partial charge in [0.25, 0.3) is 0 Å². The van der Waals surface area contributed by atoms with Crippen LogP contribution in [0.2, 0.25) is 0 Å². The Kier molecular flexibility index (Phi) is 5.06. The average molecular weight is 346 g/mol. The second-order valence-electron chi connectivity index (χ2n) is 6.79. The molecule has 1 aliphatic heterocycles. The quantitative estimate of drug-likeness (QED) is 0.836. The Balaban J connectivity index is 1.73. The normalized spacial score (nSPS) is 17.6. The molecule has 2 aromatic rings. The molecule has 130 valence electrons. The van der Waals surface area contributed by atoms with E-state index in [1.807, 2.05) is 28.6 Å². The van der Waals surface area contributed by atoms with Gasteiger partial charge in [-0.3, -0.25) is 9.69 Å². The molecule has 0 unspecified atom stereocenters. The molecule has 3 heterocycles. The summed E-state index contributed by atoms with van der Waals surface area (Å²) in [5, 5.41) is 2.02. The number of hydrogen-bond acceptors (Lipinski definition) is 4. The first-order valence-corrected chi connectivity index (χ1v) is 9.41. The summed E-state index contributed by atoms with van der Waals surface area (Å²) >= 11 is 1.64. The molecule has 1 amide bonds. The molecule has 0 fully saturated rings. The van der Waals surface area contributed by atoms with Crippen molar-refractivity contribution in [1.29, 1.82) is 0 Å². The predicted octanol–water partition coefficient (Wildman–Crippen LogP) is 2.93. The van der Waals surface area contributed by atoms with Crippen LogP contribution in [0.5, 0.6) is 0 Å². The van der Waals surface area contributed by atoms with E-state index in [2.05, 4.69) is 42.3 Å². The third-order valence-electron chi connectivity index (χ3n) is 4.89. The topological polar surface area (TPSA) is 41.4 Å². The van der Waals surface area contributed by atoms with E-state index in [0.29, 0.717) is 12.5 Å². The van der Waals surface area contributed by atoms with Gasteiger partial charge >= 0.3 is 0 Å². The van der Waals surface area contributed by atoms with Gasteiger partial charge in [-0.25, -0.2) is 4.98 Å². The summed E-state index contributed by atoms with van der Waals surface area (Å²) in [4.78, 5) is 22.7. The first-order chi connectivity index (χ1) is 11.5. The second-order valence-corrected chi connectivity index (χ2v) is 7.82. The lowest BCUT2D eigenvalue weighted by Crippen LogP contribution is -2.42. The second kappa shape index (κ2) is 7.07. The van der Waals surface area contributed by atoms with Crippen LogP contribution in [0.15, 0.2) is 23.7 Å².